The Balaban J connectivity index is 2.03. The molecule has 0 unspecified atom stereocenters. The minimum Gasteiger partial charge on any atom is -0.258 e. The predicted molar refractivity (Wildman–Crippen MR) is 72.2 cm³/mol. The number of halogens is 2. The van der Waals surface area contributed by atoms with E-state index in [9.17, 15) is 4.39 Å². The van der Waals surface area contributed by atoms with E-state index >= 15 is 0 Å². The van der Waals surface area contributed by atoms with Gasteiger partial charge in [0.25, 0.3) is 0 Å². The maximum Gasteiger partial charge on any atom is 0.144 e. The molecule has 0 bridgehead atoms. The summed E-state index contributed by atoms with van der Waals surface area (Å²) in [6.07, 6.45) is 9.09. The molecular weight excluding hydrogens is 316 g/mol. The summed E-state index contributed by atoms with van der Waals surface area (Å²) in [6.45, 7) is 0. The van der Waals surface area contributed by atoms with Gasteiger partial charge in [0, 0.05) is 10.6 Å². The van der Waals surface area contributed by atoms with Crippen LogP contribution in [0.3, 0.4) is 0 Å². The van der Waals surface area contributed by atoms with Crippen molar-refractivity contribution >= 4 is 22.6 Å². The largest absolute Gasteiger partial charge is 0.258 e. The van der Waals surface area contributed by atoms with E-state index in [2.05, 4.69) is 27.6 Å². The molecule has 16 heavy (non-hydrogen) atoms. The number of nitrogens with zero attached hydrogens (tertiary/aromatic N) is 1. The summed E-state index contributed by atoms with van der Waals surface area (Å²) in [4.78, 5) is 4.26. The summed E-state index contributed by atoms with van der Waals surface area (Å²) < 4.78 is 14.6. The summed E-state index contributed by atoms with van der Waals surface area (Å²) in [7, 11) is 0. The Kier molecular flexibility index (Phi) is 4.55. The van der Waals surface area contributed by atoms with Crippen LogP contribution in [0.5, 0.6) is 0 Å². The zero-order valence-corrected chi connectivity index (χ0v) is 11.5. The van der Waals surface area contributed by atoms with Crippen LogP contribution >= 0.6 is 22.6 Å². The molecule has 0 aliphatic heterocycles. The first-order chi connectivity index (χ1) is 7.79. The second-order valence-electron chi connectivity index (χ2n) is 4.61. The molecule has 3 heteroatoms. The molecule has 1 fully saturated rings. The molecule has 1 aromatic heterocycles. The van der Waals surface area contributed by atoms with Crippen molar-refractivity contribution in [2.45, 2.75) is 43.0 Å². The van der Waals surface area contributed by atoms with Crippen molar-refractivity contribution in [2.24, 2.45) is 5.92 Å². The molecule has 2 rings (SSSR count). The monoisotopic (exact) mass is 333 g/mol. The molecule has 1 aromatic rings. The van der Waals surface area contributed by atoms with Gasteiger partial charge in [-0.3, -0.25) is 4.98 Å². The van der Waals surface area contributed by atoms with E-state index in [-0.39, 0.29) is 5.82 Å². The maximum absolute atomic E-state index is 13.7. The third kappa shape index (κ3) is 3.15. The second kappa shape index (κ2) is 5.94. The molecule has 0 atom stereocenters. The molecule has 0 N–H and O–H groups in total. The van der Waals surface area contributed by atoms with Gasteiger partial charge in [-0.15, -0.1) is 0 Å². The summed E-state index contributed by atoms with van der Waals surface area (Å²) in [5, 5.41) is 0. The highest BCUT2D eigenvalue weighted by atomic mass is 127. The van der Waals surface area contributed by atoms with Gasteiger partial charge in [0.05, 0.1) is 5.69 Å². The van der Waals surface area contributed by atoms with Crippen LogP contribution in [0.15, 0.2) is 12.3 Å². The molecule has 0 spiro atoms. The molecule has 0 radical (unpaired) electrons. The Morgan fingerprint density at radius 3 is 2.69 bits per heavy atom. The van der Waals surface area contributed by atoms with Crippen molar-refractivity contribution in [2.75, 3.05) is 0 Å². The van der Waals surface area contributed by atoms with Gasteiger partial charge in [-0.05, 0) is 24.0 Å². The predicted octanol–water partition coefficient (Wildman–Crippen LogP) is 4.28. The fourth-order valence-corrected chi connectivity index (χ4v) is 2.81. The van der Waals surface area contributed by atoms with Crippen LogP contribution in [0.4, 0.5) is 4.39 Å². The normalized spacial score (nSPS) is 17.6. The minimum absolute atomic E-state index is 0.111. The van der Waals surface area contributed by atoms with Gasteiger partial charge in [-0.2, -0.15) is 0 Å². The first-order valence-electron chi connectivity index (χ1n) is 5.99. The topological polar surface area (TPSA) is 12.9 Å². The maximum atomic E-state index is 13.7. The van der Waals surface area contributed by atoms with Crippen molar-refractivity contribution in [1.82, 2.24) is 4.98 Å². The van der Waals surface area contributed by atoms with Crippen LogP contribution in [0.1, 0.15) is 43.4 Å². The lowest BCUT2D eigenvalue weighted by Gasteiger charge is -2.21. The van der Waals surface area contributed by atoms with Gasteiger partial charge in [0.1, 0.15) is 5.82 Å². The third-order valence-corrected chi connectivity index (χ3v) is 4.22. The molecule has 1 aliphatic carbocycles. The van der Waals surface area contributed by atoms with Crippen molar-refractivity contribution in [1.29, 1.82) is 0 Å². The fourth-order valence-electron chi connectivity index (χ4n) is 2.39. The Morgan fingerprint density at radius 2 is 2.06 bits per heavy atom. The number of aromatic nitrogens is 1. The van der Waals surface area contributed by atoms with Gasteiger partial charge >= 0.3 is 0 Å². The first kappa shape index (κ1) is 12.3. The minimum atomic E-state index is -0.111. The highest BCUT2D eigenvalue weighted by molar-refractivity contribution is 14.1. The van der Waals surface area contributed by atoms with Gasteiger partial charge in [-0.1, -0.05) is 54.7 Å². The molecule has 1 heterocycles. The highest BCUT2D eigenvalue weighted by Crippen LogP contribution is 2.27. The van der Waals surface area contributed by atoms with E-state index < -0.39 is 0 Å². The van der Waals surface area contributed by atoms with E-state index in [4.69, 9.17) is 0 Å². The van der Waals surface area contributed by atoms with Crippen LogP contribution in [0.25, 0.3) is 0 Å². The van der Waals surface area contributed by atoms with Gasteiger partial charge in [0.15, 0.2) is 0 Å². The number of hydrogen-bond acceptors (Lipinski definition) is 1. The average molecular weight is 333 g/mol. The van der Waals surface area contributed by atoms with Gasteiger partial charge in [-0.25, -0.2) is 4.39 Å². The Bertz CT molecular complexity index is 348. The number of pyridine rings is 1. The van der Waals surface area contributed by atoms with Crippen molar-refractivity contribution < 1.29 is 4.39 Å². The quantitative estimate of drug-likeness (QED) is 0.594. The molecule has 0 amide bonds. The Hall–Kier alpha value is -0.190. The zero-order valence-electron chi connectivity index (χ0n) is 9.38. The molecule has 0 saturated heterocycles. The summed E-state index contributed by atoms with van der Waals surface area (Å²) >= 11 is 2.23. The van der Waals surface area contributed by atoms with Crippen molar-refractivity contribution in [3.8, 4) is 0 Å². The Morgan fingerprint density at radius 1 is 1.31 bits per heavy atom. The zero-order chi connectivity index (χ0) is 11.4. The Labute approximate surface area is 110 Å². The lowest BCUT2D eigenvalue weighted by atomic mass is 9.86. The number of hydrogen-bond donors (Lipinski definition) is 0. The average Bonchev–Trinajstić information content (AvgIpc) is 2.33. The van der Waals surface area contributed by atoms with Gasteiger partial charge < -0.3 is 0 Å². The van der Waals surface area contributed by atoms with Crippen LogP contribution < -0.4 is 0 Å². The second-order valence-corrected chi connectivity index (χ2v) is 5.38. The number of rotatable bonds is 3. The third-order valence-electron chi connectivity index (χ3n) is 3.34. The fraction of sp³-hybridized carbons (Fsp3) is 0.615. The summed E-state index contributed by atoms with van der Waals surface area (Å²) in [5.74, 6) is 0.543. The standard InChI is InChI=1S/C13H17FIN/c14-12-6-11(8-15)9-16-13(12)7-10-4-2-1-3-5-10/h6,9-10H,1-5,7-8H2. The molecular formula is C13H17FIN. The molecule has 1 aliphatic rings. The van der Waals surface area contributed by atoms with Crippen LogP contribution in [-0.4, -0.2) is 4.98 Å². The van der Waals surface area contributed by atoms with E-state index in [1.165, 1.54) is 32.1 Å². The van der Waals surface area contributed by atoms with Crippen molar-refractivity contribution in [3.05, 3.63) is 29.3 Å². The molecule has 88 valence electrons. The van der Waals surface area contributed by atoms with Crippen LogP contribution in [-0.2, 0) is 10.8 Å². The van der Waals surface area contributed by atoms with E-state index in [0.29, 0.717) is 11.6 Å². The summed E-state index contributed by atoms with van der Waals surface area (Å²) in [5.41, 5.74) is 1.64. The molecule has 1 saturated carbocycles. The first-order valence-corrected chi connectivity index (χ1v) is 7.51. The van der Waals surface area contributed by atoms with E-state index in [0.717, 1.165) is 16.4 Å². The van der Waals surface area contributed by atoms with Crippen LogP contribution in [0.2, 0.25) is 0 Å². The van der Waals surface area contributed by atoms with E-state index in [1.54, 1.807) is 6.07 Å². The number of alkyl halides is 1. The molecule has 1 nitrogen and oxygen atoms in total. The van der Waals surface area contributed by atoms with Gasteiger partial charge in [0.2, 0.25) is 0 Å². The lowest BCUT2D eigenvalue weighted by Crippen LogP contribution is -2.11. The molecule has 0 aromatic carbocycles. The lowest BCUT2D eigenvalue weighted by molar-refractivity contribution is 0.350. The smallest absolute Gasteiger partial charge is 0.144 e. The highest BCUT2D eigenvalue weighted by Gasteiger charge is 2.16. The van der Waals surface area contributed by atoms with E-state index in [1.807, 2.05) is 6.20 Å². The SMILES string of the molecule is Fc1cc(CI)cnc1CC1CCCCC1. The van der Waals surface area contributed by atoms with Crippen molar-refractivity contribution in [3.63, 3.8) is 0 Å². The van der Waals surface area contributed by atoms with Crippen LogP contribution in [0, 0.1) is 11.7 Å². The summed E-state index contributed by atoms with van der Waals surface area (Å²) in [6, 6.07) is 1.64.